The predicted octanol–water partition coefficient (Wildman–Crippen LogP) is 4.68. The quantitative estimate of drug-likeness (QED) is 0.590. The maximum absolute atomic E-state index is 13.0. The number of rotatable bonds is 7. The van der Waals surface area contributed by atoms with Crippen LogP contribution in [0.4, 0.5) is 18.9 Å². The van der Waals surface area contributed by atoms with E-state index in [2.05, 4.69) is 15.2 Å². The maximum Gasteiger partial charge on any atom is 0.417 e. The van der Waals surface area contributed by atoms with Gasteiger partial charge in [-0.1, -0.05) is 11.6 Å². The number of benzene rings is 1. The number of ether oxygens (including phenoxy) is 1. The average Bonchev–Trinajstić information content (AvgIpc) is 2.73. The third-order valence-corrected chi connectivity index (χ3v) is 5.61. The summed E-state index contributed by atoms with van der Waals surface area (Å²) in [6.45, 7) is 5.50. The molecule has 0 bridgehead atoms. The summed E-state index contributed by atoms with van der Waals surface area (Å²) in [6.07, 6.45) is -0.176. The highest BCUT2D eigenvalue weighted by Crippen LogP contribution is 2.35. The Bertz CT molecular complexity index is 863. The number of nitrogens with zero attached hydrogens (tertiary/aromatic N) is 3. The van der Waals surface area contributed by atoms with E-state index in [4.69, 9.17) is 28.6 Å². The summed E-state index contributed by atoms with van der Waals surface area (Å²) in [5.74, 6) is 0. The molecule has 31 heavy (non-hydrogen) atoms. The average molecular weight is 473 g/mol. The van der Waals surface area contributed by atoms with E-state index in [0.717, 1.165) is 50.9 Å². The summed E-state index contributed by atoms with van der Waals surface area (Å²) in [6, 6.07) is 7.35. The molecule has 0 atom stereocenters. The molecule has 0 aliphatic carbocycles. The largest absolute Gasteiger partial charge is 0.417 e. The van der Waals surface area contributed by atoms with Crippen LogP contribution in [-0.2, 0) is 17.5 Å². The fourth-order valence-corrected chi connectivity index (χ4v) is 3.86. The molecule has 1 aromatic heterocycles. The van der Waals surface area contributed by atoms with Crippen molar-refractivity contribution in [2.75, 3.05) is 44.7 Å². The van der Waals surface area contributed by atoms with E-state index >= 15 is 0 Å². The van der Waals surface area contributed by atoms with Gasteiger partial charge in [-0.2, -0.15) is 13.2 Å². The van der Waals surface area contributed by atoms with Gasteiger partial charge in [0.25, 0.3) is 0 Å². The lowest BCUT2D eigenvalue weighted by Gasteiger charge is -2.29. The van der Waals surface area contributed by atoms with E-state index in [1.54, 1.807) is 12.4 Å². The van der Waals surface area contributed by atoms with Crippen LogP contribution in [0.1, 0.15) is 17.5 Å². The van der Waals surface area contributed by atoms with Gasteiger partial charge in [0.2, 0.25) is 0 Å². The molecular weight excluding hydrogens is 449 g/mol. The van der Waals surface area contributed by atoms with Crippen LogP contribution in [-0.4, -0.2) is 59.3 Å². The molecule has 1 fully saturated rings. The first-order valence-corrected chi connectivity index (χ1v) is 10.7. The number of anilines is 1. The van der Waals surface area contributed by atoms with Crippen LogP contribution in [0.2, 0.25) is 5.02 Å². The number of hydrogen-bond donors (Lipinski definition) is 1. The highest BCUT2D eigenvalue weighted by molar-refractivity contribution is 7.80. The zero-order chi connectivity index (χ0) is 22.3. The summed E-state index contributed by atoms with van der Waals surface area (Å²) in [5.41, 5.74) is 0.580. The SMILES string of the molecule is FC(F)(F)c1ccc(NC(=S)N(CCCN2CCOCC2)Cc2ccncc2)cc1Cl. The van der Waals surface area contributed by atoms with Crippen LogP contribution >= 0.6 is 23.8 Å². The minimum atomic E-state index is -4.50. The highest BCUT2D eigenvalue weighted by Gasteiger charge is 2.33. The van der Waals surface area contributed by atoms with Crippen molar-refractivity contribution in [1.82, 2.24) is 14.8 Å². The smallest absolute Gasteiger partial charge is 0.379 e. The first-order valence-electron chi connectivity index (χ1n) is 9.94. The Kier molecular flexibility index (Phi) is 8.48. The van der Waals surface area contributed by atoms with Gasteiger partial charge in [0.1, 0.15) is 0 Å². The molecule has 1 aliphatic rings. The van der Waals surface area contributed by atoms with E-state index in [1.807, 2.05) is 17.0 Å². The molecule has 0 unspecified atom stereocenters. The minimum absolute atomic E-state index is 0.367. The van der Waals surface area contributed by atoms with Crippen molar-refractivity contribution < 1.29 is 17.9 Å². The van der Waals surface area contributed by atoms with Gasteiger partial charge < -0.3 is 15.0 Å². The van der Waals surface area contributed by atoms with Gasteiger partial charge in [-0.25, -0.2) is 0 Å². The fraction of sp³-hybridized carbons (Fsp3) is 0.429. The lowest BCUT2D eigenvalue weighted by Crippen LogP contribution is -2.40. The van der Waals surface area contributed by atoms with Crippen molar-refractivity contribution in [2.45, 2.75) is 19.1 Å². The second-order valence-corrected chi connectivity index (χ2v) is 8.00. The number of alkyl halides is 3. The number of morpholine rings is 1. The van der Waals surface area contributed by atoms with E-state index in [0.29, 0.717) is 23.9 Å². The van der Waals surface area contributed by atoms with E-state index in [9.17, 15) is 13.2 Å². The molecule has 1 aliphatic heterocycles. The van der Waals surface area contributed by atoms with E-state index < -0.39 is 11.7 Å². The lowest BCUT2D eigenvalue weighted by atomic mass is 10.2. The zero-order valence-electron chi connectivity index (χ0n) is 16.9. The second-order valence-electron chi connectivity index (χ2n) is 7.21. The summed E-state index contributed by atoms with van der Waals surface area (Å²) < 4.78 is 44.2. The normalized spacial score (nSPS) is 15.0. The summed E-state index contributed by atoms with van der Waals surface area (Å²) in [4.78, 5) is 8.38. The Morgan fingerprint density at radius 2 is 1.90 bits per heavy atom. The zero-order valence-corrected chi connectivity index (χ0v) is 18.4. The molecule has 3 rings (SSSR count). The first-order chi connectivity index (χ1) is 14.8. The molecule has 1 N–H and O–H groups in total. The molecule has 168 valence electrons. The molecule has 10 heteroatoms. The molecule has 2 aromatic rings. The lowest BCUT2D eigenvalue weighted by molar-refractivity contribution is -0.137. The Hall–Kier alpha value is -1.94. The van der Waals surface area contributed by atoms with Gasteiger partial charge in [-0.05, 0) is 54.5 Å². The molecule has 0 saturated carbocycles. The fourth-order valence-electron chi connectivity index (χ4n) is 3.30. The third kappa shape index (κ3) is 7.31. The van der Waals surface area contributed by atoms with Gasteiger partial charge in [-0.15, -0.1) is 0 Å². The Balaban J connectivity index is 1.65. The van der Waals surface area contributed by atoms with Crippen molar-refractivity contribution in [1.29, 1.82) is 0 Å². The molecule has 5 nitrogen and oxygen atoms in total. The number of thiocarbonyl (C=S) groups is 1. The predicted molar refractivity (Wildman–Crippen MR) is 119 cm³/mol. The summed E-state index contributed by atoms with van der Waals surface area (Å²) >= 11 is 11.4. The van der Waals surface area contributed by atoms with Gasteiger partial charge >= 0.3 is 6.18 Å². The number of hydrogen-bond acceptors (Lipinski definition) is 4. The Morgan fingerprint density at radius 1 is 1.19 bits per heavy atom. The van der Waals surface area contributed by atoms with Crippen LogP contribution in [0.15, 0.2) is 42.7 Å². The number of halogens is 4. The van der Waals surface area contributed by atoms with Crippen molar-refractivity contribution in [3.63, 3.8) is 0 Å². The molecule has 0 spiro atoms. The molecule has 0 amide bonds. The topological polar surface area (TPSA) is 40.6 Å². The minimum Gasteiger partial charge on any atom is -0.379 e. The van der Waals surface area contributed by atoms with Crippen LogP contribution in [0, 0.1) is 0 Å². The van der Waals surface area contributed by atoms with E-state index in [-0.39, 0.29) is 5.02 Å². The number of nitrogens with one attached hydrogen (secondary N) is 1. The monoisotopic (exact) mass is 472 g/mol. The van der Waals surface area contributed by atoms with Crippen molar-refractivity contribution in [2.24, 2.45) is 0 Å². The summed E-state index contributed by atoms with van der Waals surface area (Å²) in [7, 11) is 0. The Labute approximate surface area is 190 Å². The summed E-state index contributed by atoms with van der Waals surface area (Å²) in [5, 5.41) is 3.08. The van der Waals surface area contributed by atoms with Gasteiger partial charge in [-0.3, -0.25) is 9.88 Å². The second kappa shape index (κ2) is 11.1. The molecule has 1 saturated heterocycles. The van der Waals surface area contributed by atoms with E-state index in [1.165, 1.54) is 12.1 Å². The number of aromatic nitrogens is 1. The first kappa shape index (κ1) is 23.7. The molecule has 2 heterocycles. The number of pyridine rings is 1. The third-order valence-electron chi connectivity index (χ3n) is 4.94. The van der Waals surface area contributed by atoms with Crippen LogP contribution in [0.25, 0.3) is 0 Å². The highest BCUT2D eigenvalue weighted by atomic mass is 35.5. The standard InChI is InChI=1S/C21H24ClF3N4OS/c22-19-14-17(2-3-18(19)21(23,24)25)27-20(31)29(15-16-4-6-26-7-5-16)9-1-8-28-10-12-30-13-11-28/h2-7,14H,1,8-13,15H2,(H,27,31). The van der Waals surface area contributed by atoms with Gasteiger partial charge in [0.15, 0.2) is 5.11 Å². The van der Waals surface area contributed by atoms with Crippen LogP contribution < -0.4 is 5.32 Å². The van der Waals surface area contributed by atoms with Crippen molar-refractivity contribution in [3.05, 3.63) is 58.9 Å². The Morgan fingerprint density at radius 3 is 2.55 bits per heavy atom. The van der Waals surface area contributed by atoms with Crippen molar-refractivity contribution >= 4 is 34.6 Å². The van der Waals surface area contributed by atoms with Gasteiger partial charge in [0.05, 0.1) is 23.8 Å². The van der Waals surface area contributed by atoms with Crippen molar-refractivity contribution in [3.8, 4) is 0 Å². The van der Waals surface area contributed by atoms with Crippen LogP contribution in [0.5, 0.6) is 0 Å². The maximum atomic E-state index is 13.0. The molecule has 0 radical (unpaired) electrons. The molecular formula is C21H24ClF3N4OS. The molecule has 1 aromatic carbocycles. The van der Waals surface area contributed by atoms with Gasteiger partial charge in [0, 0.05) is 50.8 Å². The van der Waals surface area contributed by atoms with Crippen LogP contribution in [0.3, 0.4) is 0 Å².